The molecule has 4 heteroatoms. The Hall–Kier alpha value is -0.370. The first-order valence-corrected chi connectivity index (χ1v) is 5.97. The van der Waals surface area contributed by atoms with Crippen LogP contribution in [0.15, 0.2) is 29.5 Å². The quantitative estimate of drug-likeness (QED) is 0.650. The predicted octanol–water partition coefficient (Wildman–Crippen LogP) is 5.50. The summed E-state index contributed by atoms with van der Waals surface area (Å²) in [7, 11) is 0. The Kier molecular flexibility index (Phi) is 4.54. The van der Waals surface area contributed by atoms with Crippen molar-refractivity contribution in [3.05, 3.63) is 39.5 Å². The number of ether oxygens (including phenoxy) is 1. The summed E-state index contributed by atoms with van der Waals surface area (Å²) in [5.41, 5.74) is 1.25. The molecule has 0 saturated heterocycles. The Morgan fingerprint density at radius 2 is 1.88 bits per heavy atom. The number of rotatable bonds is 2. The fourth-order valence-electron chi connectivity index (χ4n) is 1.02. The molecule has 0 N–H and O–H groups in total. The van der Waals surface area contributed by atoms with Crippen LogP contribution in [0.4, 0.5) is 0 Å². The zero-order valence-corrected chi connectivity index (χ0v) is 11.6. The Morgan fingerprint density at radius 3 is 2.31 bits per heavy atom. The van der Waals surface area contributed by atoms with Crippen LogP contribution >= 0.6 is 34.8 Å². The summed E-state index contributed by atoms with van der Waals surface area (Å²) in [5.74, 6) is 1.20. The van der Waals surface area contributed by atoms with E-state index in [0.29, 0.717) is 21.6 Å². The number of benzene rings is 1. The molecular weight excluding hydrogens is 266 g/mol. The molecule has 1 aromatic carbocycles. The van der Waals surface area contributed by atoms with Crippen molar-refractivity contribution in [1.29, 1.82) is 0 Å². The second-order valence-corrected chi connectivity index (χ2v) is 5.46. The van der Waals surface area contributed by atoms with Crippen LogP contribution in [0.5, 0.6) is 5.75 Å². The van der Waals surface area contributed by atoms with Crippen LogP contribution in [0.25, 0.3) is 0 Å². The van der Waals surface area contributed by atoms with Crippen LogP contribution in [0.1, 0.15) is 20.8 Å². The van der Waals surface area contributed by atoms with Gasteiger partial charge in [-0.1, -0.05) is 55.6 Å². The van der Waals surface area contributed by atoms with Gasteiger partial charge in [-0.3, -0.25) is 0 Å². The molecule has 1 nitrogen and oxygen atoms in total. The first kappa shape index (κ1) is 13.7. The van der Waals surface area contributed by atoms with Crippen molar-refractivity contribution in [2.24, 2.45) is 5.41 Å². The van der Waals surface area contributed by atoms with E-state index in [1.165, 1.54) is 5.54 Å². The molecule has 0 heterocycles. The molecule has 0 atom stereocenters. The molecule has 0 bridgehead atoms. The SMILES string of the molecule is CC(C)(C)C(=CCl)Oc1ccc(Cl)cc1Cl. The van der Waals surface area contributed by atoms with E-state index in [9.17, 15) is 0 Å². The molecule has 0 spiro atoms. The minimum absolute atomic E-state index is 0.176. The van der Waals surface area contributed by atoms with Gasteiger partial charge in [-0.25, -0.2) is 0 Å². The topological polar surface area (TPSA) is 9.23 Å². The van der Waals surface area contributed by atoms with Crippen molar-refractivity contribution in [1.82, 2.24) is 0 Å². The highest BCUT2D eigenvalue weighted by atomic mass is 35.5. The van der Waals surface area contributed by atoms with Crippen LogP contribution in [0.2, 0.25) is 10.0 Å². The highest BCUT2D eigenvalue weighted by Gasteiger charge is 2.20. The molecule has 0 radical (unpaired) electrons. The fraction of sp³-hybridized carbons (Fsp3) is 0.333. The molecule has 0 aliphatic rings. The third kappa shape index (κ3) is 3.58. The van der Waals surface area contributed by atoms with Gasteiger partial charge in [-0.15, -0.1) is 0 Å². The lowest BCUT2D eigenvalue weighted by Crippen LogP contribution is -2.14. The van der Waals surface area contributed by atoms with Crippen molar-refractivity contribution in [3.8, 4) is 5.75 Å². The van der Waals surface area contributed by atoms with Gasteiger partial charge in [-0.05, 0) is 18.2 Å². The van der Waals surface area contributed by atoms with E-state index in [0.717, 1.165) is 0 Å². The van der Waals surface area contributed by atoms with Gasteiger partial charge in [0.15, 0.2) is 0 Å². The van der Waals surface area contributed by atoms with Crippen LogP contribution < -0.4 is 4.74 Å². The molecule has 0 aromatic heterocycles. The molecule has 0 aliphatic carbocycles. The highest BCUT2D eigenvalue weighted by molar-refractivity contribution is 6.35. The summed E-state index contributed by atoms with van der Waals surface area (Å²) in [6.45, 7) is 6.01. The summed E-state index contributed by atoms with van der Waals surface area (Å²) in [4.78, 5) is 0. The predicted molar refractivity (Wildman–Crippen MR) is 70.5 cm³/mol. The van der Waals surface area contributed by atoms with Crippen LogP contribution in [-0.2, 0) is 0 Å². The van der Waals surface area contributed by atoms with Crippen molar-refractivity contribution < 1.29 is 4.74 Å². The standard InChI is InChI=1S/C12H13Cl3O/c1-12(2,3)11(7-13)16-10-5-4-8(14)6-9(10)15/h4-7H,1-3H3. The molecule has 0 amide bonds. The molecule has 88 valence electrons. The van der Waals surface area contributed by atoms with Gasteiger partial charge in [0.2, 0.25) is 0 Å². The second kappa shape index (κ2) is 5.31. The zero-order valence-electron chi connectivity index (χ0n) is 9.35. The molecule has 0 fully saturated rings. The highest BCUT2D eigenvalue weighted by Crippen LogP contribution is 2.33. The monoisotopic (exact) mass is 278 g/mol. The van der Waals surface area contributed by atoms with Crippen LogP contribution in [0, 0.1) is 5.41 Å². The number of allylic oxidation sites excluding steroid dienone is 1. The normalized spacial score (nSPS) is 12.8. The lowest BCUT2D eigenvalue weighted by Gasteiger charge is -2.22. The largest absolute Gasteiger partial charge is 0.459 e. The van der Waals surface area contributed by atoms with Gasteiger partial charge in [0.05, 0.1) is 5.02 Å². The molecule has 1 aromatic rings. The van der Waals surface area contributed by atoms with Crippen molar-refractivity contribution in [2.75, 3.05) is 0 Å². The summed E-state index contributed by atoms with van der Waals surface area (Å²) in [5, 5.41) is 1.04. The Morgan fingerprint density at radius 1 is 1.25 bits per heavy atom. The summed E-state index contributed by atoms with van der Waals surface area (Å²) in [6, 6.07) is 5.07. The minimum Gasteiger partial charge on any atom is -0.459 e. The van der Waals surface area contributed by atoms with Crippen molar-refractivity contribution >= 4 is 34.8 Å². The lowest BCUT2D eigenvalue weighted by molar-refractivity contribution is 0.295. The Labute approximate surface area is 111 Å². The zero-order chi connectivity index (χ0) is 12.3. The average molecular weight is 280 g/mol. The Balaban J connectivity index is 2.96. The fourth-order valence-corrected chi connectivity index (χ4v) is 1.83. The summed E-state index contributed by atoms with van der Waals surface area (Å²) < 4.78 is 5.65. The molecule has 1 rings (SSSR count). The van der Waals surface area contributed by atoms with E-state index in [2.05, 4.69) is 0 Å². The van der Waals surface area contributed by atoms with E-state index < -0.39 is 0 Å². The van der Waals surface area contributed by atoms with Crippen LogP contribution in [0.3, 0.4) is 0 Å². The molecular formula is C12H13Cl3O. The van der Waals surface area contributed by atoms with Gasteiger partial charge in [0.1, 0.15) is 11.5 Å². The third-order valence-electron chi connectivity index (χ3n) is 1.95. The van der Waals surface area contributed by atoms with E-state index in [1.807, 2.05) is 20.8 Å². The Bertz CT molecular complexity index is 405. The van der Waals surface area contributed by atoms with E-state index in [4.69, 9.17) is 39.5 Å². The smallest absolute Gasteiger partial charge is 0.145 e. The molecule has 0 saturated carbocycles. The van der Waals surface area contributed by atoms with E-state index in [-0.39, 0.29) is 5.41 Å². The maximum absolute atomic E-state index is 6.00. The average Bonchev–Trinajstić information content (AvgIpc) is 2.14. The lowest BCUT2D eigenvalue weighted by atomic mass is 9.95. The summed E-state index contributed by atoms with van der Waals surface area (Å²) >= 11 is 17.5. The van der Waals surface area contributed by atoms with Crippen molar-refractivity contribution in [3.63, 3.8) is 0 Å². The number of hydrogen-bond acceptors (Lipinski definition) is 1. The maximum Gasteiger partial charge on any atom is 0.145 e. The first-order chi connectivity index (χ1) is 7.34. The first-order valence-electron chi connectivity index (χ1n) is 4.78. The second-order valence-electron chi connectivity index (χ2n) is 4.40. The van der Waals surface area contributed by atoms with Gasteiger partial charge < -0.3 is 4.74 Å². The van der Waals surface area contributed by atoms with Crippen molar-refractivity contribution in [2.45, 2.75) is 20.8 Å². The third-order valence-corrected chi connectivity index (χ3v) is 2.68. The van der Waals surface area contributed by atoms with Gasteiger partial charge in [0, 0.05) is 16.0 Å². The van der Waals surface area contributed by atoms with Gasteiger partial charge >= 0.3 is 0 Å². The van der Waals surface area contributed by atoms with Gasteiger partial charge in [0.25, 0.3) is 0 Å². The van der Waals surface area contributed by atoms with Crippen LogP contribution in [-0.4, -0.2) is 0 Å². The van der Waals surface area contributed by atoms with E-state index in [1.54, 1.807) is 18.2 Å². The molecule has 16 heavy (non-hydrogen) atoms. The van der Waals surface area contributed by atoms with Gasteiger partial charge in [-0.2, -0.15) is 0 Å². The molecule has 0 aliphatic heterocycles. The maximum atomic E-state index is 6.00. The number of halogens is 3. The summed E-state index contributed by atoms with van der Waals surface area (Å²) in [6.07, 6.45) is 0. The van der Waals surface area contributed by atoms with E-state index >= 15 is 0 Å². The number of hydrogen-bond donors (Lipinski definition) is 0. The minimum atomic E-state index is -0.176. The molecule has 0 unspecified atom stereocenters.